The smallest absolute Gasteiger partial charge is 0.251 e. The topological polar surface area (TPSA) is 44.1 Å². The highest BCUT2D eigenvalue weighted by Crippen LogP contribution is 2.51. The molecule has 0 saturated heterocycles. The fourth-order valence-electron chi connectivity index (χ4n) is 3.92. The van der Waals surface area contributed by atoms with E-state index >= 15 is 0 Å². The van der Waals surface area contributed by atoms with E-state index in [2.05, 4.69) is 31.1 Å². The van der Waals surface area contributed by atoms with Gasteiger partial charge in [0.25, 0.3) is 5.91 Å². The standard InChI is InChI=1S/C21H28N2O2/c1-5-6-12-25-19-14-18(20(24)23-16(3)13-15(2)22-23)21(19,4)17-10-8-7-9-11-17/h7-11,13,18-19H,5-6,12,14H2,1-4H3/t18-,19-,21-/m1/s1. The number of rotatable bonds is 6. The lowest BCUT2D eigenvalue weighted by Gasteiger charge is -2.53. The summed E-state index contributed by atoms with van der Waals surface area (Å²) in [4.78, 5) is 13.2. The van der Waals surface area contributed by atoms with Crippen LogP contribution in [0.2, 0.25) is 0 Å². The minimum absolute atomic E-state index is 0.0762. The summed E-state index contributed by atoms with van der Waals surface area (Å²) in [5.74, 6) is -0.0354. The van der Waals surface area contributed by atoms with Gasteiger partial charge in [-0.15, -0.1) is 0 Å². The quantitative estimate of drug-likeness (QED) is 0.736. The van der Waals surface area contributed by atoms with Crippen LogP contribution in [0.1, 0.15) is 54.9 Å². The number of nitrogens with zero attached hydrogens (tertiary/aromatic N) is 2. The number of unbranched alkanes of at least 4 members (excludes halogenated alkanes) is 1. The Morgan fingerprint density at radius 2 is 2.04 bits per heavy atom. The van der Waals surface area contributed by atoms with Crippen LogP contribution in [-0.4, -0.2) is 28.4 Å². The van der Waals surface area contributed by atoms with Gasteiger partial charge in [-0.3, -0.25) is 4.79 Å². The molecule has 1 aromatic carbocycles. The molecule has 1 saturated carbocycles. The zero-order chi connectivity index (χ0) is 18.0. The number of carbonyl (C=O) groups is 1. The molecule has 3 atom stereocenters. The maximum absolute atomic E-state index is 13.2. The first-order valence-electron chi connectivity index (χ1n) is 9.23. The third-order valence-electron chi connectivity index (χ3n) is 5.57. The molecule has 1 fully saturated rings. The Morgan fingerprint density at radius 1 is 1.32 bits per heavy atom. The van der Waals surface area contributed by atoms with Gasteiger partial charge in [-0.25, -0.2) is 4.68 Å². The van der Waals surface area contributed by atoms with Crippen LogP contribution in [0, 0.1) is 19.8 Å². The number of hydrogen-bond donors (Lipinski definition) is 0. The Morgan fingerprint density at radius 3 is 2.64 bits per heavy atom. The maximum atomic E-state index is 13.2. The van der Waals surface area contributed by atoms with Gasteiger partial charge >= 0.3 is 0 Å². The Hall–Kier alpha value is -1.94. The number of ether oxygens (including phenoxy) is 1. The second-order valence-electron chi connectivity index (χ2n) is 7.33. The molecule has 25 heavy (non-hydrogen) atoms. The van der Waals surface area contributed by atoms with Gasteiger partial charge in [-0.1, -0.05) is 50.6 Å². The maximum Gasteiger partial charge on any atom is 0.251 e. The number of benzene rings is 1. The molecule has 4 heteroatoms. The average Bonchev–Trinajstić information content (AvgIpc) is 2.95. The monoisotopic (exact) mass is 340 g/mol. The lowest BCUT2D eigenvalue weighted by atomic mass is 9.55. The van der Waals surface area contributed by atoms with E-state index in [1.165, 1.54) is 5.56 Å². The van der Waals surface area contributed by atoms with Crippen molar-refractivity contribution in [3.8, 4) is 0 Å². The minimum Gasteiger partial charge on any atom is -0.377 e. The molecule has 1 aromatic heterocycles. The van der Waals surface area contributed by atoms with Gasteiger partial charge in [0.15, 0.2) is 0 Å². The molecule has 0 aliphatic heterocycles. The van der Waals surface area contributed by atoms with Crippen LogP contribution < -0.4 is 0 Å². The van der Waals surface area contributed by atoms with Crippen LogP contribution in [-0.2, 0) is 10.2 Å². The van der Waals surface area contributed by atoms with E-state index in [0.717, 1.165) is 37.3 Å². The van der Waals surface area contributed by atoms with Crippen molar-refractivity contribution in [3.63, 3.8) is 0 Å². The molecule has 0 amide bonds. The first-order chi connectivity index (χ1) is 12.0. The van der Waals surface area contributed by atoms with E-state index in [1.807, 2.05) is 38.1 Å². The van der Waals surface area contributed by atoms with Crippen molar-refractivity contribution in [2.45, 2.75) is 58.5 Å². The molecule has 0 bridgehead atoms. The number of carbonyl (C=O) groups excluding carboxylic acids is 1. The van der Waals surface area contributed by atoms with Crippen molar-refractivity contribution < 1.29 is 9.53 Å². The lowest BCUT2D eigenvalue weighted by molar-refractivity contribution is -0.0928. The fraction of sp³-hybridized carbons (Fsp3) is 0.524. The van der Waals surface area contributed by atoms with Crippen LogP contribution in [0.3, 0.4) is 0 Å². The van der Waals surface area contributed by atoms with E-state index in [4.69, 9.17) is 4.74 Å². The zero-order valence-electron chi connectivity index (χ0n) is 15.7. The second-order valence-corrected chi connectivity index (χ2v) is 7.33. The van der Waals surface area contributed by atoms with Crippen LogP contribution >= 0.6 is 0 Å². The van der Waals surface area contributed by atoms with Gasteiger partial charge < -0.3 is 4.74 Å². The van der Waals surface area contributed by atoms with Crippen molar-refractivity contribution in [2.24, 2.45) is 5.92 Å². The van der Waals surface area contributed by atoms with E-state index in [0.29, 0.717) is 0 Å². The van der Waals surface area contributed by atoms with Crippen LogP contribution in [0.25, 0.3) is 0 Å². The van der Waals surface area contributed by atoms with Crippen LogP contribution in [0.5, 0.6) is 0 Å². The predicted molar refractivity (Wildman–Crippen MR) is 98.9 cm³/mol. The van der Waals surface area contributed by atoms with Gasteiger partial charge in [-0.2, -0.15) is 5.10 Å². The third kappa shape index (κ3) is 3.15. The molecule has 1 aliphatic rings. The average molecular weight is 340 g/mol. The molecular weight excluding hydrogens is 312 g/mol. The number of aromatic nitrogens is 2. The normalized spacial score (nSPS) is 25.6. The highest BCUT2D eigenvalue weighted by Gasteiger charge is 2.57. The summed E-state index contributed by atoms with van der Waals surface area (Å²) >= 11 is 0. The molecule has 0 radical (unpaired) electrons. The molecule has 0 unspecified atom stereocenters. The van der Waals surface area contributed by atoms with Crippen LogP contribution in [0.4, 0.5) is 0 Å². The fourth-order valence-corrected chi connectivity index (χ4v) is 3.92. The highest BCUT2D eigenvalue weighted by atomic mass is 16.5. The van der Waals surface area contributed by atoms with Crippen molar-refractivity contribution in [2.75, 3.05) is 6.61 Å². The number of aryl methyl sites for hydroxylation is 2. The van der Waals surface area contributed by atoms with Gasteiger partial charge in [0.2, 0.25) is 0 Å². The Kier molecular flexibility index (Phi) is 5.09. The molecule has 3 rings (SSSR count). The summed E-state index contributed by atoms with van der Waals surface area (Å²) in [5, 5.41) is 4.40. The summed E-state index contributed by atoms with van der Waals surface area (Å²) in [6.07, 6.45) is 3.00. The molecule has 1 heterocycles. The molecule has 1 aliphatic carbocycles. The van der Waals surface area contributed by atoms with Gasteiger partial charge in [0.1, 0.15) is 0 Å². The molecular formula is C21H28N2O2. The van der Waals surface area contributed by atoms with Crippen molar-refractivity contribution in [1.82, 2.24) is 9.78 Å². The molecule has 4 nitrogen and oxygen atoms in total. The van der Waals surface area contributed by atoms with Crippen LogP contribution in [0.15, 0.2) is 36.4 Å². The Balaban J connectivity index is 1.88. The number of hydrogen-bond acceptors (Lipinski definition) is 3. The first kappa shape index (κ1) is 17.9. The van der Waals surface area contributed by atoms with E-state index in [1.54, 1.807) is 4.68 Å². The van der Waals surface area contributed by atoms with E-state index in [9.17, 15) is 4.79 Å². The summed E-state index contributed by atoms with van der Waals surface area (Å²) in [6.45, 7) is 8.94. The Labute approximate surface area is 150 Å². The van der Waals surface area contributed by atoms with Gasteiger partial charge in [0, 0.05) is 17.7 Å². The molecule has 134 valence electrons. The van der Waals surface area contributed by atoms with Crippen molar-refractivity contribution in [1.29, 1.82) is 0 Å². The summed E-state index contributed by atoms with van der Waals surface area (Å²) in [5.41, 5.74) is 2.64. The lowest BCUT2D eigenvalue weighted by Crippen LogP contribution is -2.60. The first-order valence-corrected chi connectivity index (χ1v) is 9.23. The second kappa shape index (κ2) is 7.12. The Bertz CT molecular complexity index is 738. The summed E-state index contributed by atoms with van der Waals surface area (Å²) in [7, 11) is 0. The highest BCUT2D eigenvalue weighted by molar-refractivity contribution is 5.84. The van der Waals surface area contributed by atoms with Crippen molar-refractivity contribution >= 4 is 5.91 Å². The molecule has 0 spiro atoms. The zero-order valence-corrected chi connectivity index (χ0v) is 15.7. The minimum atomic E-state index is -0.307. The largest absolute Gasteiger partial charge is 0.377 e. The third-order valence-corrected chi connectivity index (χ3v) is 5.57. The van der Waals surface area contributed by atoms with E-state index in [-0.39, 0.29) is 23.3 Å². The summed E-state index contributed by atoms with van der Waals surface area (Å²) in [6, 6.07) is 12.2. The van der Waals surface area contributed by atoms with E-state index < -0.39 is 0 Å². The predicted octanol–water partition coefficient (Wildman–Crippen LogP) is 4.30. The van der Waals surface area contributed by atoms with Crippen molar-refractivity contribution in [3.05, 3.63) is 53.3 Å². The molecule has 2 aromatic rings. The summed E-state index contributed by atoms with van der Waals surface area (Å²) < 4.78 is 7.73. The molecule has 0 N–H and O–H groups in total. The van der Waals surface area contributed by atoms with Gasteiger partial charge in [-0.05, 0) is 38.3 Å². The van der Waals surface area contributed by atoms with Gasteiger partial charge in [0.05, 0.1) is 17.7 Å². The SMILES string of the molecule is CCCCO[C@@H]1C[C@H](C(=O)n2nc(C)cc2C)[C@@]1(C)c1ccccc1.